The number of carbonyl (C=O) groups excluding carboxylic acids is 3. The Labute approximate surface area is 182 Å². The van der Waals surface area contributed by atoms with Crippen molar-refractivity contribution >= 4 is 29.7 Å². The van der Waals surface area contributed by atoms with Crippen molar-refractivity contribution in [1.29, 1.82) is 0 Å². The molecule has 0 radical (unpaired) electrons. The molecule has 0 rings (SSSR count). The molecule has 0 aromatic heterocycles. The maximum Gasteiger partial charge on any atom is 0.322 e. The molecule has 0 saturated carbocycles. The molecule has 0 aromatic carbocycles. The van der Waals surface area contributed by atoms with Crippen molar-refractivity contribution in [1.82, 2.24) is 16.0 Å². The first kappa shape index (κ1) is 28.1. The predicted molar refractivity (Wildman–Crippen MR) is 117 cm³/mol. The van der Waals surface area contributed by atoms with Crippen LogP contribution < -0.4 is 33.2 Å². The molecule has 178 valence electrons. The van der Waals surface area contributed by atoms with Gasteiger partial charge in [0.1, 0.15) is 18.6 Å². The molecule has 0 aromatic rings. The molecule has 12 nitrogen and oxygen atoms in total. The van der Waals surface area contributed by atoms with Crippen LogP contribution in [-0.2, 0) is 19.2 Å². The van der Waals surface area contributed by atoms with Gasteiger partial charge >= 0.3 is 5.97 Å². The minimum Gasteiger partial charge on any atom is -0.480 e. The maximum atomic E-state index is 12.8. The van der Waals surface area contributed by atoms with E-state index >= 15 is 0 Å². The van der Waals surface area contributed by atoms with Crippen LogP contribution in [0, 0.1) is 11.8 Å². The summed E-state index contributed by atoms with van der Waals surface area (Å²) in [5.74, 6) is -3.11. The molecule has 12 heteroatoms. The summed E-state index contributed by atoms with van der Waals surface area (Å²) in [6, 6.07) is -2.70. The first-order valence-corrected chi connectivity index (χ1v) is 10.3. The molecule has 0 spiro atoms. The lowest BCUT2D eigenvalue weighted by Crippen LogP contribution is -2.57. The highest BCUT2D eigenvalue weighted by Gasteiger charge is 2.30. The van der Waals surface area contributed by atoms with E-state index in [1.807, 2.05) is 13.8 Å². The Bertz CT molecular complexity index is 648. The summed E-state index contributed by atoms with van der Waals surface area (Å²) in [4.78, 5) is 52.0. The lowest BCUT2D eigenvalue weighted by molar-refractivity contribution is -0.139. The highest BCUT2D eigenvalue weighted by molar-refractivity contribution is 5.93. The molecule has 0 bridgehead atoms. The zero-order valence-electron chi connectivity index (χ0n) is 18.7. The van der Waals surface area contributed by atoms with E-state index in [9.17, 15) is 19.2 Å². The van der Waals surface area contributed by atoms with Crippen LogP contribution in [0.1, 0.15) is 47.0 Å². The van der Waals surface area contributed by atoms with Crippen LogP contribution in [0.15, 0.2) is 4.99 Å². The fourth-order valence-electron chi connectivity index (χ4n) is 2.69. The zero-order valence-corrected chi connectivity index (χ0v) is 18.7. The molecular weight excluding hydrogens is 406 g/mol. The van der Waals surface area contributed by atoms with Gasteiger partial charge in [0.25, 0.3) is 0 Å². The van der Waals surface area contributed by atoms with Crippen molar-refractivity contribution in [3.05, 3.63) is 0 Å². The van der Waals surface area contributed by atoms with Gasteiger partial charge in [-0.25, -0.2) is 0 Å². The van der Waals surface area contributed by atoms with Crippen molar-refractivity contribution in [2.45, 2.75) is 65.1 Å². The third-order valence-electron chi connectivity index (χ3n) is 4.31. The number of hydrogen-bond donors (Lipinski definition) is 7. The second-order valence-electron chi connectivity index (χ2n) is 8.09. The van der Waals surface area contributed by atoms with E-state index in [0.717, 1.165) is 0 Å². The number of nitrogens with two attached hydrogens (primary N) is 3. The number of guanidine groups is 1. The lowest BCUT2D eigenvalue weighted by Gasteiger charge is -2.26. The standard InChI is InChI=1S/C19H37N7O5/c1-10(2)8-13(25-16(29)12(20)6-5-7-23-19(21)22)17(30)26-15(11(3)4)18(31)24-9-14(27)28/h10-13,15H,5-9,20H2,1-4H3,(H,24,31)(H,25,29)(H,26,30)(H,27,28)(H4,21,22,23). The number of carboxylic acids is 1. The lowest BCUT2D eigenvalue weighted by atomic mass is 9.99. The third kappa shape index (κ3) is 12.4. The molecule has 31 heavy (non-hydrogen) atoms. The van der Waals surface area contributed by atoms with Crippen LogP contribution >= 0.6 is 0 Å². The van der Waals surface area contributed by atoms with Crippen LogP contribution in [0.2, 0.25) is 0 Å². The molecular formula is C19H37N7O5. The number of nitrogens with one attached hydrogen (secondary N) is 3. The van der Waals surface area contributed by atoms with E-state index in [0.29, 0.717) is 25.8 Å². The van der Waals surface area contributed by atoms with Crippen LogP contribution in [-0.4, -0.2) is 66.0 Å². The second kappa shape index (κ2) is 14.2. The molecule has 3 unspecified atom stereocenters. The van der Waals surface area contributed by atoms with Crippen molar-refractivity contribution in [2.24, 2.45) is 34.0 Å². The molecule has 3 amide bonds. The normalized spacial score (nSPS) is 13.8. The third-order valence-corrected chi connectivity index (χ3v) is 4.31. The number of rotatable bonds is 14. The van der Waals surface area contributed by atoms with Gasteiger partial charge in [0.05, 0.1) is 6.04 Å². The first-order valence-electron chi connectivity index (χ1n) is 10.3. The topological polar surface area (TPSA) is 215 Å². The second-order valence-corrected chi connectivity index (χ2v) is 8.09. The van der Waals surface area contributed by atoms with E-state index in [2.05, 4.69) is 20.9 Å². The summed E-state index contributed by atoms with van der Waals surface area (Å²) in [6.45, 7) is 6.99. The Morgan fingerprint density at radius 2 is 1.58 bits per heavy atom. The summed E-state index contributed by atoms with van der Waals surface area (Å²) in [5, 5.41) is 16.2. The zero-order chi connectivity index (χ0) is 24.1. The summed E-state index contributed by atoms with van der Waals surface area (Å²) < 4.78 is 0. The van der Waals surface area contributed by atoms with Gasteiger partial charge in [-0.05, 0) is 31.1 Å². The number of hydrogen-bond acceptors (Lipinski definition) is 6. The molecule has 10 N–H and O–H groups in total. The summed E-state index contributed by atoms with van der Waals surface area (Å²) in [6.07, 6.45) is 1.15. The minimum atomic E-state index is -1.19. The van der Waals surface area contributed by atoms with Gasteiger partial charge < -0.3 is 38.3 Å². The maximum absolute atomic E-state index is 12.8. The average Bonchev–Trinajstić information content (AvgIpc) is 2.65. The molecule has 3 atom stereocenters. The molecule has 0 fully saturated rings. The number of amides is 3. The Balaban J connectivity index is 5.07. The fraction of sp³-hybridized carbons (Fsp3) is 0.737. The summed E-state index contributed by atoms with van der Waals surface area (Å²) in [5.41, 5.74) is 16.4. The quantitative estimate of drug-likeness (QED) is 0.0924. The Morgan fingerprint density at radius 3 is 2.06 bits per heavy atom. The van der Waals surface area contributed by atoms with Crippen molar-refractivity contribution in [2.75, 3.05) is 13.1 Å². The smallest absolute Gasteiger partial charge is 0.322 e. The van der Waals surface area contributed by atoms with Gasteiger partial charge in [0.15, 0.2) is 5.96 Å². The van der Waals surface area contributed by atoms with Crippen LogP contribution in [0.5, 0.6) is 0 Å². The monoisotopic (exact) mass is 443 g/mol. The molecule has 0 heterocycles. The van der Waals surface area contributed by atoms with Crippen LogP contribution in [0.25, 0.3) is 0 Å². The Kier molecular flexibility index (Phi) is 12.9. The molecule has 0 aliphatic carbocycles. The van der Waals surface area contributed by atoms with E-state index in [1.165, 1.54) is 0 Å². The Hall–Kier alpha value is -2.89. The number of carboxylic acid groups (broad SMARTS) is 1. The number of nitrogens with zero attached hydrogens (tertiary/aromatic N) is 1. The van der Waals surface area contributed by atoms with Gasteiger partial charge in [0, 0.05) is 6.54 Å². The molecule has 0 aliphatic rings. The number of aliphatic imine (C=N–C) groups is 1. The van der Waals surface area contributed by atoms with Crippen molar-refractivity contribution < 1.29 is 24.3 Å². The average molecular weight is 444 g/mol. The summed E-state index contributed by atoms with van der Waals surface area (Å²) >= 11 is 0. The molecule has 0 aliphatic heterocycles. The van der Waals surface area contributed by atoms with Gasteiger partial charge in [0.2, 0.25) is 17.7 Å². The largest absolute Gasteiger partial charge is 0.480 e. The number of carbonyl (C=O) groups is 4. The SMILES string of the molecule is CC(C)CC(NC(=O)C(N)CCCN=C(N)N)C(=O)NC(C(=O)NCC(=O)O)C(C)C. The first-order chi connectivity index (χ1) is 14.3. The minimum absolute atomic E-state index is 0.0428. The predicted octanol–water partition coefficient (Wildman–Crippen LogP) is -1.76. The van der Waals surface area contributed by atoms with Crippen molar-refractivity contribution in [3.8, 4) is 0 Å². The Morgan fingerprint density at radius 1 is 0.968 bits per heavy atom. The van der Waals surface area contributed by atoms with E-state index < -0.39 is 48.4 Å². The van der Waals surface area contributed by atoms with Gasteiger partial charge in [-0.1, -0.05) is 27.7 Å². The summed E-state index contributed by atoms with van der Waals surface area (Å²) in [7, 11) is 0. The van der Waals surface area contributed by atoms with E-state index in [1.54, 1.807) is 13.8 Å². The van der Waals surface area contributed by atoms with E-state index in [-0.39, 0.29) is 17.8 Å². The number of aliphatic carboxylic acids is 1. The van der Waals surface area contributed by atoms with Gasteiger partial charge in [-0.2, -0.15) is 0 Å². The van der Waals surface area contributed by atoms with Crippen molar-refractivity contribution in [3.63, 3.8) is 0 Å². The van der Waals surface area contributed by atoms with Gasteiger partial charge in [-0.3, -0.25) is 24.2 Å². The van der Waals surface area contributed by atoms with Crippen LogP contribution in [0.4, 0.5) is 0 Å². The molecule has 0 saturated heterocycles. The van der Waals surface area contributed by atoms with Gasteiger partial charge in [-0.15, -0.1) is 0 Å². The fourth-order valence-corrected chi connectivity index (χ4v) is 2.69. The van der Waals surface area contributed by atoms with Crippen LogP contribution in [0.3, 0.4) is 0 Å². The highest BCUT2D eigenvalue weighted by Crippen LogP contribution is 2.09. The highest BCUT2D eigenvalue weighted by atomic mass is 16.4. The van der Waals surface area contributed by atoms with E-state index in [4.69, 9.17) is 22.3 Å².